The molecule has 3 aromatic rings. The van der Waals surface area contributed by atoms with Gasteiger partial charge in [-0.05, 0) is 17.2 Å². The highest BCUT2D eigenvalue weighted by atomic mass is 32.2. The third-order valence-electron chi connectivity index (χ3n) is 4.04. The van der Waals surface area contributed by atoms with E-state index in [2.05, 4.69) is 29.3 Å². The summed E-state index contributed by atoms with van der Waals surface area (Å²) in [4.78, 5) is 4.57. The molecule has 0 bridgehead atoms. The van der Waals surface area contributed by atoms with Gasteiger partial charge in [0.1, 0.15) is 5.75 Å². The van der Waals surface area contributed by atoms with Crippen LogP contribution >= 0.6 is 11.8 Å². The van der Waals surface area contributed by atoms with E-state index in [4.69, 9.17) is 10.5 Å². The summed E-state index contributed by atoms with van der Waals surface area (Å²) in [6.07, 6.45) is 0. The predicted molar refractivity (Wildman–Crippen MR) is 111 cm³/mol. The van der Waals surface area contributed by atoms with Crippen LogP contribution < -0.4 is 10.5 Å². The van der Waals surface area contributed by atoms with Gasteiger partial charge < -0.3 is 10.5 Å². The highest BCUT2D eigenvalue weighted by Crippen LogP contribution is 2.35. The Hall–Kier alpha value is -2.72. The molecule has 0 fully saturated rings. The van der Waals surface area contributed by atoms with Crippen molar-refractivity contribution >= 4 is 16.9 Å². The number of amidine groups is 1. The summed E-state index contributed by atoms with van der Waals surface area (Å²) in [6.45, 7) is 0.499. The minimum Gasteiger partial charge on any atom is -0.496 e. The van der Waals surface area contributed by atoms with Crippen LogP contribution in [0.5, 0.6) is 5.75 Å². The molecule has 0 heterocycles. The van der Waals surface area contributed by atoms with Crippen molar-refractivity contribution in [2.45, 2.75) is 11.8 Å². The number of methoxy groups -OCH3 is 1. The summed E-state index contributed by atoms with van der Waals surface area (Å²) in [6, 6.07) is 28.6. The molecule has 4 heteroatoms. The summed E-state index contributed by atoms with van der Waals surface area (Å²) in [5.74, 6) is 0.830. The van der Waals surface area contributed by atoms with E-state index in [-0.39, 0.29) is 5.25 Å². The first kappa shape index (κ1) is 18.1. The maximum Gasteiger partial charge on any atom is 0.155 e. The number of ether oxygens (including phenoxy) is 1. The van der Waals surface area contributed by atoms with Crippen molar-refractivity contribution in [1.29, 1.82) is 0 Å². The standard InChI is InChI=1S/C22H22N2OS/c1-25-20-15-9-8-14-19(20)16-24-22(23)26-21(17-10-4-2-5-11-17)18-12-6-3-7-13-18/h2-15,21H,16H2,1H3,(H2,23,24). The lowest BCUT2D eigenvalue weighted by Gasteiger charge is -2.17. The monoisotopic (exact) mass is 362 g/mol. The third-order valence-corrected chi connectivity index (χ3v) is 5.19. The van der Waals surface area contributed by atoms with Crippen molar-refractivity contribution in [3.63, 3.8) is 0 Å². The van der Waals surface area contributed by atoms with Crippen LogP contribution in [0.25, 0.3) is 0 Å². The van der Waals surface area contributed by atoms with Gasteiger partial charge in [-0.1, -0.05) is 90.6 Å². The molecule has 26 heavy (non-hydrogen) atoms. The first-order valence-electron chi connectivity index (χ1n) is 8.46. The molecule has 3 rings (SSSR count). The average molecular weight is 362 g/mol. The molecule has 0 unspecified atom stereocenters. The molecule has 0 spiro atoms. The van der Waals surface area contributed by atoms with Crippen LogP contribution in [0.3, 0.4) is 0 Å². The lowest BCUT2D eigenvalue weighted by atomic mass is 10.0. The van der Waals surface area contributed by atoms with E-state index in [0.717, 1.165) is 11.3 Å². The Kier molecular flexibility index (Phi) is 6.34. The van der Waals surface area contributed by atoms with Crippen molar-refractivity contribution in [3.05, 3.63) is 102 Å². The molecular weight excluding hydrogens is 340 g/mol. The van der Waals surface area contributed by atoms with Crippen LogP contribution in [0.4, 0.5) is 0 Å². The van der Waals surface area contributed by atoms with Crippen LogP contribution in [0, 0.1) is 0 Å². The lowest BCUT2D eigenvalue weighted by Crippen LogP contribution is -2.11. The van der Waals surface area contributed by atoms with Gasteiger partial charge in [0.2, 0.25) is 0 Å². The molecule has 2 N–H and O–H groups in total. The smallest absolute Gasteiger partial charge is 0.155 e. The van der Waals surface area contributed by atoms with Crippen molar-refractivity contribution in [2.75, 3.05) is 7.11 Å². The first-order chi connectivity index (χ1) is 12.8. The van der Waals surface area contributed by atoms with Gasteiger partial charge in [0.05, 0.1) is 18.9 Å². The number of nitrogens with two attached hydrogens (primary N) is 1. The Bertz CT molecular complexity index is 811. The zero-order chi connectivity index (χ0) is 18.2. The molecule has 132 valence electrons. The summed E-state index contributed by atoms with van der Waals surface area (Å²) in [7, 11) is 1.67. The zero-order valence-corrected chi connectivity index (χ0v) is 15.5. The second-order valence-corrected chi connectivity index (χ2v) is 6.91. The van der Waals surface area contributed by atoms with Crippen LogP contribution in [-0.2, 0) is 6.54 Å². The molecule has 0 aliphatic carbocycles. The van der Waals surface area contributed by atoms with E-state index in [1.54, 1.807) is 18.9 Å². The van der Waals surface area contributed by atoms with E-state index in [0.29, 0.717) is 11.7 Å². The molecule has 0 saturated heterocycles. The molecule has 0 radical (unpaired) electrons. The Morgan fingerprint density at radius 2 is 1.42 bits per heavy atom. The van der Waals surface area contributed by atoms with Gasteiger partial charge in [-0.2, -0.15) is 0 Å². The molecule has 0 aliphatic heterocycles. The van der Waals surface area contributed by atoms with Crippen molar-refractivity contribution in [3.8, 4) is 5.75 Å². The molecule has 0 saturated carbocycles. The van der Waals surface area contributed by atoms with Gasteiger partial charge in [-0.3, -0.25) is 4.99 Å². The number of benzene rings is 3. The van der Waals surface area contributed by atoms with Crippen LogP contribution in [0.1, 0.15) is 21.9 Å². The van der Waals surface area contributed by atoms with E-state index in [1.807, 2.05) is 60.7 Å². The van der Waals surface area contributed by atoms with Crippen molar-refractivity contribution in [2.24, 2.45) is 10.7 Å². The van der Waals surface area contributed by atoms with Crippen LogP contribution in [0.2, 0.25) is 0 Å². The zero-order valence-electron chi connectivity index (χ0n) is 14.7. The van der Waals surface area contributed by atoms with Crippen molar-refractivity contribution in [1.82, 2.24) is 0 Å². The minimum atomic E-state index is 0.110. The van der Waals surface area contributed by atoms with Gasteiger partial charge >= 0.3 is 0 Å². The maximum absolute atomic E-state index is 6.26. The van der Waals surface area contributed by atoms with Gasteiger partial charge in [0.25, 0.3) is 0 Å². The Morgan fingerprint density at radius 1 is 0.885 bits per heavy atom. The van der Waals surface area contributed by atoms with E-state index < -0.39 is 0 Å². The summed E-state index contributed by atoms with van der Waals surface area (Å²) in [5, 5.41) is 0.674. The Balaban J connectivity index is 1.80. The Morgan fingerprint density at radius 3 is 2.00 bits per heavy atom. The molecule has 0 atom stereocenters. The molecule has 0 aromatic heterocycles. The number of rotatable bonds is 6. The third kappa shape index (κ3) is 4.67. The number of thioether (sulfide) groups is 1. The fourth-order valence-corrected chi connectivity index (χ4v) is 3.71. The van der Waals surface area contributed by atoms with Gasteiger partial charge in [-0.15, -0.1) is 0 Å². The van der Waals surface area contributed by atoms with E-state index >= 15 is 0 Å². The Labute approximate surface area is 158 Å². The molecule has 3 nitrogen and oxygen atoms in total. The highest BCUT2D eigenvalue weighted by molar-refractivity contribution is 8.14. The fraction of sp³-hybridized carbons (Fsp3) is 0.136. The summed E-state index contributed by atoms with van der Waals surface area (Å²) in [5.41, 5.74) is 9.70. The highest BCUT2D eigenvalue weighted by Gasteiger charge is 2.16. The van der Waals surface area contributed by atoms with Crippen LogP contribution in [-0.4, -0.2) is 12.3 Å². The SMILES string of the molecule is COc1ccccc1CN=C(N)SC(c1ccccc1)c1ccccc1. The van der Waals surface area contributed by atoms with Crippen LogP contribution in [0.15, 0.2) is 89.9 Å². The number of aliphatic imine (C=N–C) groups is 1. The molecule has 0 amide bonds. The fourth-order valence-electron chi connectivity index (χ4n) is 2.74. The van der Waals surface area contributed by atoms with Gasteiger partial charge in [0.15, 0.2) is 5.17 Å². The van der Waals surface area contributed by atoms with Gasteiger partial charge in [0, 0.05) is 5.56 Å². The van der Waals surface area contributed by atoms with E-state index in [1.165, 1.54) is 11.1 Å². The first-order valence-corrected chi connectivity index (χ1v) is 9.34. The summed E-state index contributed by atoms with van der Waals surface area (Å²) >= 11 is 1.57. The number of hydrogen-bond donors (Lipinski definition) is 1. The second-order valence-electron chi connectivity index (χ2n) is 5.79. The van der Waals surface area contributed by atoms with E-state index in [9.17, 15) is 0 Å². The maximum atomic E-state index is 6.26. The van der Waals surface area contributed by atoms with Gasteiger partial charge in [-0.25, -0.2) is 0 Å². The predicted octanol–water partition coefficient (Wildman–Crippen LogP) is 5.03. The topological polar surface area (TPSA) is 47.6 Å². The molecule has 0 aliphatic rings. The number of para-hydroxylation sites is 1. The lowest BCUT2D eigenvalue weighted by molar-refractivity contribution is 0.410. The van der Waals surface area contributed by atoms with Crippen molar-refractivity contribution < 1.29 is 4.74 Å². The summed E-state index contributed by atoms with van der Waals surface area (Å²) < 4.78 is 5.38. The molecule has 3 aromatic carbocycles. The minimum absolute atomic E-state index is 0.110. The largest absolute Gasteiger partial charge is 0.496 e. The average Bonchev–Trinajstić information content (AvgIpc) is 2.72. The quantitative estimate of drug-likeness (QED) is 0.494. The number of nitrogens with zero attached hydrogens (tertiary/aromatic N) is 1. The second kappa shape index (κ2) is 9.11. The number of hydrogen-bond acceptors (Lipinski definition) is 3. The normalized spacial score (nSPS) is 11.5. The molecular formula is C22H22N2OS.